The highest BCUT2D eigenvalue weighted by molar-refractivity contribution is 6.02. The van der Waals surface area contributed by atoms with Crippen LogP contribution in [0.25, 0.3) is 10.9 Å². The third-order valence-electron chi connectivity index (χ3n) is 6.32. The van der Waals surface area contributed by atoms with Gasteiger partial charge in [-0.05, 0) is 43.0 Å². The SMILES string of the molecule is COc1cc(OC)c2cc(C(=O)N(C)CCCC3CC(c4ccc(F)cc4)NN3)[nH]c2c1OC. The molecule has 3 N–H and O–H groups in total. The number of H-pyrrole nitrogens is 1. The van der Waals surface area contributed by atoms with Crippen molar-refractivity contribution in [3.63, 3.8) is 0 Å². The zero-order valence-corrected chi connectivity index (χ0v) is 19.9. The van der Waals surface area contributed by atoms with Gasteiger partial charge in [-0.15, -0.1) is 0 Å². The van der Waals surface area contributed by atoms with Gasteiger partial charge in [0, 0.05) is 37.1 Å². The molecular formula is C25H31FN4O4. The third kappa shape index (κ3) is 4.80. The molecule has 0 radical (unpaired) electrons. The van der Waals surface area contributed by atoms with E-state index in [1.807, 2.05) is 12.1 Å². The predicted octanol–water partition coefficient (Wildman–Crippen LogP) is 3.79. The second-order valence-corrected chi connectivity index (χ2v) is 8.48. The lowest BCUT2D eigenvalue weighted by molar-refractivity contribution is 0.0787. The fourth-order valence-electron chi connectivity index (χ4n) is 4.46. The van der Waals surface area contributed by atoms with Crippen molar-refractivity contribution in [3.05, 3.63) is 53.5 Å². The molecule has 182 valence electrons. The maximum Gasteiger partial charge on any atom is 0.270 e. The van der Waals surface area contributed by atoms with Crippen LogP contribution in [0.1, 0.15) is 41.4 Å². The van der Waals surface area contributed by atoms with E-state index in [-0.39, 0.29) is 23.8 Å². The summed E-state index contributed by atoms with van der Waals surface area (Å²) in [5, 5.41) is 0.755. The number of nitrogens with one attached hydrogen (secondary N) is 3. The number of aromatic nitrogens is 1. The summed E-state index contributed by atoms with van der Waals surface area (Å²) in [5.74, 6) is 1.31. The van der Waals surface area contributed by atoms with Gasteiger partial charge < -0.3 is 24.1 Å². The number of benzene rings is 2. The van der Waals surface area contributed by atoms with Crippen molar-refractivity contribution in [3.8, 4) is 17.2 Å². The minimum atomic E-state index is -0.232. The lowest BCUT2D eigenvalue weighted by Gasteiger charge is -2.17. The first kappa shape index (κ1) is 23.8. The van der Waals surface area contributed by atoms with Gasteiger partial charge in [0.25, 0.3) is 5.91 Å². The van der Waals surface area contributed by atoms with Crippen LogP contribution in [0.4, 0.5) is 4.39 Å². The van der Waals surface area contributed by atoms with Crippen molar-refractivity contribution in [1.29, 1.82) is 0 Å². The normalized spacial score (nSPS) is 17.7. The highest BCUT2D eigenvalue weighted by atomic mass is 19.1. The number of hydrazine groups is 1. The first-order valence-electron chi connectivity index (χ1n) is 11.3. The summed E-state index contributed by atoms with van der Waals surface area (Å²) in [4.78, 5) is 18.0. The van der Waals surface area contributed by atoms with Gasteiger partial charge in [0.1, 0.15) is 17.3 Å². The highest BCUT2D eigenvalue weighted by Crippen LogP contribution is 2.41. The van der Waals surface area contributed by atoms with Gasteiger partial charge in [-0.3, -0.25) is 15.6 Å². The molecule has 2 atom stereocenters. The highest BCUT2D eigenvalue weighted by Gasteiger charge is 2.25. The summed E-state index contributed by atoms with van der Waals surface area (Å²) in [6.07, 6.45) is 2.67. The number of carbonyl (C=O) groups excluding carboxylic acids is 1. The van der Waals surface area contributed by atoms with Crippen molar-refractivity contribution >= 4 is 16.8 Å². The average molecular weight is 471 g/mol. The first-order valence-corrected chi connectivity index (χ1v) is 11.3. The number of fused-ring (bicyclic) bond motifs is 1. The molecule has 9 heteroatoms. The molecule has 2 aromatic carbocycles. The van der Waals surface area contributed by atoms with Crippen molar-refractivity contribution in [1.82, 2.24) is 20.7 Å². The predicted molar refractivity (Wildman–Crippen MR) is 128 cm³/mol. The van der Waals surface area contributed by atoms with Crippen LogP contribution in [0.3, 0.4) is 0 Å². The number of carbonyl (C=O) groups is 1. The Bertz CT molecular complexity index is 1150. The van der Waals surface area contributed by atoms with Crippen LogP contribution in [0.2, 0.25) is 0 Å². The Morgan fingerprint density at radius 1 is 1.06 bits per heavy atom. The van der Waals surface area contributed by atoms with Crippen molar-refractivity contribution in [2.45, 2.75) is 31.3 Å². The summed E-state index contributed by atoms with van der Waals surface area (Å²) in [6, 6.07) is 10.5. The molecule has 1 amide bonds. The number of methoxy groups -OCH3 is 3. The zero-order valence-electron chi connectivity index (χ0n) is 19.9. The van der Waals surface area contributed by atoms with E-state index < -0.39 is 0 Å². The molecule has 1 aromatic heterocycles. The maximum absolute atomic E-state index is 13.2. The summed E-state index contributed by atoms with van der Waals surface area (Å²) < 4.78 is 29.5. The van der Waals surface area contributed by atoms with E-state index in [9.17, 15) is 9.18 Å². The topological polar surface area (TPSA) is 87.9 Å². The van der Waals surface area contributed by atoms with Crippen LogP contribution < -0.4 is 25.1 Å². The molecule has 0 aliphatic carbocycles. The number of rotatable bonds is 9. The van der Waals surface area contributed by atoms with E-state index in [1.165, 1.54) is 12.1 Å². The van der Waals surface area contributed by atoms with Gasteiger partial charge in [0.05, 0.1) is 26.8 Å². The quantitative estimate of drug-likeness (QED) is 0.441. The minimum absolute atomic E-state index is 0.110. The molecule has 0 saturated carbocycles. The van der Waals surface area contributed by atoms with Crippen molar-refractivity contribution < 1.29 is 23.4 Å². The molecule has 2 heterocycles. The Morgan fingerprint density at radius 3 is 2.47 bits per heavy atom. The Hall–Kier alpha value is -3.30. The molecule has 0 bridgehead atoms. The van der Waals surface area contributed by atoms with E-state index in [2.05, 4.69) is 15.8 Å². The summed E-state index contributed by atoms with van der Waals surface area (Å²) in [5.41, 5.74) is 8.77. The minimum Gasteiger partial charge on any atom is -0.496 e. The van der Waals surface area contributed by atoms with E-state index >= 15 is 0 Å². The summed E-state index contributed by atoms with van der Waals surface area (Å²) in [7, 11) is 6.49. The van der Waals surface area contributed by atoms with Crippen LogP contribution in [-0.2, 0) is 0 Å². The number of hydrogen-bond acceptors (Lipinski definition) is 6. The van der Waals surface area contributed by atoms with E-state index in [0.29, 0.717) is 35.0 Å². The number of nitrogens with zero attached hydrogens (tertiary/aromatic N) is 1. The van der Waals surface area contributed by atoms with Crippen LogP contribution in [0.5, 0.6) is 17.2 Å². The molecule has 1 saturated heterocycles. The van der Waals surface area contributed by atoms with Gasteiger partial charge in [-0.2, -0.15) is 0 Å². The van der Waals surface area contributed by atoms with Crippen LogP contribution in [0.15, 0.2) is 36.4 Å². The number of amides is 1. The molecule has 1 aliphatic heterocycles. The summed E-state index contributed by atoms with van der Waals surface area (Å²) in [6.45, 7) is 0.616. The van der Waals surface area contributed by atoms with Crippen LogP contribution >= 0.6 is 0 Å². The fraction of sp³-hybridized carbons (Fsp3) is 0.400. The lowest BCUT2D eigenvalue weighted by Crippen LogP contribution is -2.32. The number of ether oxygens (including phenoxy) is 3. The fourth-order valence-corrected chi connectivity index (χ4v) is 4.46. The second kappa shape index (κ2) is 10.3. The van der Waals surface area contributed by atoms with E-state index in [4.69, 9.17) is 14.2 Å². The monoisotopic (exact) mass is 470 g/mol. The Labute approximate surface area is 198 Å². The second-order valence-electron chi connectivity index (χ2n) is 8.48. The third-order valence-corrected chi connectivity index (χ3v) is 6.32. The average Bonchev–Trinajstić information content (AvgIpc) is 3.50. The molecule has 8 nitrogen and oxygen atoms in total. The molecule has 1 aliphatic rings. The van der Waals surface area contributed by atoms with Gasteiger partial charge >= 0.3 is 0 Å². The van der Waals surface area contributed by atoms with Crippen molar-refractivity contribution in [2.75, 3.05) is 34.9 Å². The number of aromatic amines is 1. The van der Waals surface area contributed by atoms with Gasteiger partial charge in [0.2, 0.25) is 0 Å². The smallest absolute Gasteiger partial charge is 0.270 e. The summed E-state index contributed by atoms with van der Waals surface area (Å²) >= 11 is 0. The van der Waals surface area contributed by atoms with Gasteiger partial charge in [-0.1, -0.05) is 12.1 Å². The Balaban J connectivity index is 1.36. The Morgan fingerprint density at radius 2 is 1.79 bits per heavy atom. The molecule has 1 fully saturated rings. The number of halogens is 1. The number of hydrogen-bond donors (Lipinski definition) is 3. The first-order chi connectivity index (χ1) is 16.4. The van der Waals surface area contributed by atoms with E-state index in [0.717, 1.165) is 30.2 Å². The largest absolute Gasteiger partial charge is 0.496 e. The standard InChI is InChI=1S/C25H31FN4O4/c1-30(11-5-6-17-12-19(29-28-17)15-7-9-16(26)10-8-15)25(31)20-13-18-21(32-2)14-22(33-3)24(34-4)23(18)27-20/h7-10,13-14,17,19,27-29H,5-6,11-12H2,1-4H3. The Kier molecular flexibility index (Phi) is 7.23. The lowest BCUT2D eigenvalue weighted by atomic mass is 9.99. The van der Waals surface area contributed by atoms with Crippen molar-refractivity contribution in [2.24, 2.45) is 0 Å². The maximum atomic E-state index is 13.2. The van der Waals surface area contributed by atoms with Crippen LogP contribution in [0, 0.1) is 5.82 Å². The molecule has 34 heavy (non-hydrogen) atoms. The molecule has 3 aromatic rings. The van der Waals surface area contributed by atoms with E-state index in [1.54, 1.807) is 45.4 Å². The zero-order chi connectivity index (χ0) is 24.2. The van der Waals surface area contributed by atoms with Crippen LogP contribution in [-0.4, -0.2) is 56.8 Å². The molecule has 2 unspecified atom stereocenters. The van der Waals surface area contributed by atoms with Gasteiger partial charge in [0.15, 0.2) is 11.5 Å². The molecule has 0 spiro atoms. The molecular weight excluding hydrogens is 439 g/mol. The molecule has 4 rings (SSSR count). The van der Waals surface area contributed by atoms with Gasteiger partial charge in [-0.25, -0.2) is 4.39 Å².